The third-order valence-corrected chi connectivity index (χ3v) is 1.99. The summed E-state index contributed by atoms with van der Waals surface area (Å²) in [7, 11) is 0. The van der Waals surface area contributed by atoms with Crippen molar-refractivity contribution in [3.63, 3.8) is 0 Å². The van der Waals surface area contributed by atoms with Crippen LogP contribution in [-0.4, -0.2) is 18.2 Å². The minimum absolute atomic E-state index is 0.516. The maximum Gasteiger partial charge on any atom is 0.291 e. The molecule has 0 saturated heterocycles. The van der Waals surface area contributed by atoms with Gasteiger partial charge in [-0.05, 0) is 18.1 Å². The van der Waals surface area contributed by atoms with E-state index in [1.54, 1.807) is 6.08 Å². The smallest absolute Gasteiger partial charge is 0.291 e. The molecule has 0 radical (unpaired) electrons. The lowest BCUT2D eigenvalue weighted by molar-refractivity contribution is -0.135. The monoisotopic (exact) mass is 217 g/mol. The number of nitrogens with one attached hydrogen (secondary N) is 1. The summed E-state index contributed by atoms with van der Waals surface area (Å²) in [6.45, 7) is 2.47. The molecule has 0 aromatic heterocycles. The number of carbonyl (C=O) groups is 2. The van der Waals surface area contributed by atoms with Gasteiger partial charge in [-0.25, -0.2) is 0 Å². The van der Waals surface area contributed by atoms with E-state index in [2.05, 4.69) is 5.32 Å². The highest BCUT2D eigenvalue weighted by atomic mass is 16.2. The summed E-state index contributed by atoms with van der Waals surface area (Å²) in [6.07, 6.45) is 3.75. The molecule has 1 rings (SSSR count). The standard InChI is InChI=1S/C13H15NO2/c1-2-10-14-13(16)12(15)9-8-11-6-4-3-5-7-11/h3-9H,2,10H2,1H3,(H,14,16)/b9-8+. The van der Waals surface area contributed by atoms with Crippen LogP contribution in [0.15, 0.2) is 36.4 Å². The van der Waals surface area contributed by atoms with E-state index in [9.17, 15) is 9.59 Å². The van der Waals surface area contributed by atoms with Crippen LogP contribution in [0.1, 0.15) is 18.9 Å². The van der Waals surface area contributed by atoms with Gasteiger partial charge in [0.05, 0.1) is 0 Å². The first-order chi connectivity index (χ1) is 7.74. The van der Waals surface area contributed by atoms with Gasteiger partial charge in [0.15, 0.2) is 0 Å². The number of hydrogen-bond acceptors (Lipinski definition) is 2. The van der Waals surface area contributed by atoms with Gasteiger partial charge in [0, 0.05) is 6.54 Å². The fourth-order valence-electron chi connectivity index (χ4n) is 1.14. The average molecular weight is 217 g/mol. The largest absolute Gasteiger partial charge is 0.349 e. The number of amides is 1. The van der Waals surface area contributed by atoms with Gasteiger partial charge < -0.3 is 5.32 Å². The molecule has 0 heterocycles. The second kappa shape index (κ2) is 6.56. The van der Waals surface area contributed by atoms with Gasteiger partial charge in [-0.3, -0.25) is 9.59 Å². The molecule has 0 atom stereocenters. The second-order valence-corrected chi connectivity index (χ2v) is 3.36. The van der Waals surface area contributed by atoms with Crippen molar-refractivity contribution in [2.45, 2.75) is 13.3 Å². The van der Waals surface area contributed by atoms with Crippen molar-refractivity contribution in [2.24, 2.45) is 0 Å². The van der Waals surface area contributed by atoms with Gasteiger partial charge in [-0.1, -0.05) is 43.3 Å². The second-order valence-electron chi connectivity index (χ2n) is 3.36. The lowest BCUT2D eigenvalue weighted by atomic mass is 10.2. The number of hydrogen-bond donors (Lipinski definition) is 1. The van der Waals surface area contributed by atoms with Gasteiger partial charge in [-0.2, -0.15) is 0 Å². The Morgan fingerprint density at radius 1 is 1.25 bits per heavy atom. The van der Waals surface area contributed by atoms with E-state index in [1.165, 1.54) is 6.08 Å². The first-order valence-corrected chi connectivity index (χ1v) is 5.29. The fourth-order valence-corrected chi connectivity index (χ4v) is 1.14. The molecule has 84 valence electrons. The van der Waals surface area contributed by atoms with E-state index in [4.69, 9.17) is 0 Å². The highest BCUT2D eigenvalue weighted by molar-refractivity contribution is 6.41. The van der Waals surface area contributed by atoms with Crippen LogP contribution >= 0.6 is 0 Å². The summed E-state index contributed by atoms with van der Waals surface area (Å²) in [5, 5.41) is 2.53. The summed E-state index contributed by atoms with van der Waals surface area (Å²) in [6, 6.07) is 9.39. The Morgan fingerprint density at radius 2 is 1.94 bits per heavy atom. The summed E-state index contributed by atoms with van der Waals surface area (Å²) in [5.74, 6) is -1.06. The molecule has 0 spiro atoms. The number of carbonyl (C=O) groups excluding carboxylic acids is 2. The Labute approximate surface area is 95.2 Å². The van der Waals surface area contributed by atoms with Crippen LogP contribution in [-0.2, 0) is 9.59 Å². The lowest BCUT2D eigenvalue weighted by Crippen LogP contribution is -2.30. The molecular formula is C13H15NO2. The summed E-state index contributed by atoms with van der Waals surface area (Å²) >= 11 is 0. The van der Waals surface area contributed by atoms with Crippen molar-refractivity contribution in [2.75, 3.05) is 6.54 Å². The first-order valence-electron chi connectivity index (χ1n) is 5.29. The molecular weight excluding hydrogens is 202 g/mol. The minimum Gasteiger partial charge on any atom is -0.349 e. The van der Waals surface area contributed by atoms with Crippen LogP contribution in [0, 0.1) is 0 Å². The molecule has 1 aromatic carbocycles. The van der Waals surface area contributed by atoms with Crippen LogP contribution in [0.3, 0.4) is 0 Å². The van der Waals surface area contributed by atoms with Crippen LogP contribution in [0.4, 0.5) is 0 Å². The molecule has 3 nitrogen and oxygen atoms in total. The number of ketones is 1. The quantitative estimate of drug-likeness (QED) is 0.603. The van der Waals surface area contributed by atoms with E-state index in [0.717, 1.165) is 12.0 Å². The topological polar surface area (TPSA) is 46.2 Å². The Balaban J connectivity index is 2.51. The molecule has 0 fully saturated rings. The maximum absolute atomic E-state index is 11.3. The fraction of sp³-hybridized carbons (Fsp3) is 0.231. The van der Waals surface area contributed by atoms with Crippen LogP contribution in [0.5, 0.6) is 0 Å². The van der Waals surface area contributed by atoms with Crippen molar-refractivity contribution < 1.29 is 9.59 Å². The zero-order chi connectivity index (χ0) is 11.8. The predicted molar refractivity (Wildman–Crippen MR) is 63.8 cm³/mol. The van der Waals surface area contributed by atoms with Crippen molar-refractivity contribution in [1.29, 1.82) is 0 Å². The molecule has 1 aromatic rings. The Hall–Kier alpha value is -1.90. The normalized spacial score (nSPS) is 10.3. The molecule has 1 amide bonds. The van der Waals surface area contributed by atoms with Crippen LogP contribution < -0.4 is 5.32 Å². The third kappa shape index (κ3) is 4.09. The van der Waals surface area contributed by atoms with Crippen LogP contribution in [0.25, 0.3) is 6.08 Å². The highest BCUT2D eigenvalue weighted by Crippen LogP contribution is 2.00. The number of rotatable bonds is 5. The van der Waals surface area contributed by atoms with E-state index < -0.39 is 11.7 Å². The lowest BCUT2D eigenvalue weighted by Gasteiger charge is -1.98. The molecule has 3 heteroatoms. The summed E-state index contributed by atoms with van der Waals surface area (Å²) in [4.78, 5) is 22.5. The average Bonchev–Trinajstić information content (AvgIpc) is 2.34. The Bertz CT molecular complexity index is 382. The van der Waals surface area contributed by atoms with E-state index in [1.807, 2.05) is 37.3 Å². The SMILES string of the molecule is CCCNC(=O)C(=O)/C=C/c1ccccc1. The molecule has 0 aliphatic heterocycles. The van der Waals surface area contributed by atoms with Gasteiger partial charge in [0.1, 0.15) is 0 Å². The van der Waals surface area contributed by atoms with Crippen molar-refractivity contribution >= 4 is 17.8 Å². The first kappa shape index (κ1) is 12.2. The third-order valence-electron chi connectivity index (χ3n) is 1.99. The summed E-state index contributed by atoms with van der Waals surface area (Å²) in [5.41, 5.74) is 0.902. The van der Waals surface area contributed by atoms with Crippen molar-refractivity contribution in [3.8, 4) is 0 Å². The van der Waals surface area contributed by atoms with Gasteiger partial charge in [0.25, 0.3) is 5.91 Å². The molecule has 0 aliphatic carbocycles. The molecule has 16 heavy (non-hydrogen) atoms. The zero-order valence-corrected chi connectivity index (χ0v) is 9.27. The molecule has 0 unspecified atom stereocenters. The molecule has 0 bridgehead atoms. The highest BCUT2D eigenvalue weighted by Gasteiger charge is 2.07. The van der Waals surface area contributed by atoms with Crippen molar-refractivity contribution in [3.05, 3.63) is 42.0 Å². The van der Waals surface area contributed by atoms with E-state index in [-0.39, 0.29) is 0 Å². The van der Waals surface area contributed by atoms with Crippen molar-refractivity contribution in [1.82, 2.24) is 5.32 Å². The predicted octanol–water partition coefficient (Wildman–Crippen LogP) is 1.80. The van der Waals surface area contributed by atoms with E-state index >= 15 is 0 Å². The van der Waals surface area contributed by atoms with Crippen LogP contribution in [0.2, 0.25) is 0 Å². The zero-order valence-electron chi connectivity index (χ0n) is 9.27. The molecule has 1 N–H and O–H groups in total. The van der Waals surface area contributed by atoms with E-state index in [0.29, 0.717) is 6.54 Å². The minimum atomic E-state index is -0.547. The maximum atomic E-state index is 11.3. The number of benzene rings is 1. The molecule has 0 aliphatic rings. The van der Waals surface area contributed by atoms with Gasteiger partial charge in [0.2, 0.25) is 5.78 Å². The van der Waals surface area contributed by atoms with Gasteiger partial charge >= 0.3 is 0 Å². The van der Waals surface area contributed by atoms with Gasteiger partial charge in [-0.15, -0.1) is 0 Å². The summed E-state index contributed by atoms with van der Waals surface area (Å²) < 4.78 is 0. The Morgan fingerprint density at radius 3 is 2.56 bits per heavy atom. The Kier molecular flexibility index (Phi) is 4.99. The molecule has 0 saturated carbocycles.